The highest BCUT2D eigenvalue weighted by molar-refractivity contribution is 6.32. The van der Waals surface area contributed by atoms with Gasteiger partial charge in [0.15, 0.2) is 12.4 Å². The molecule has 0 atom stereocenters. The second-order valence-corrected chi connectivity index (χ2v) is 8.41. The van der Waals surface area contributed by atoms with Crippen LogP contribution in [0, 0.1) is 6.92 Å². The Morgan fingerprint density at radius 3 is 2.48 bits per heavy atom. The fraction of sp³-hybridized carbons (Fsp3) is 0.154. The number of benzene rings is 3. The number of fused-ring (bicyclic) bond motifs is 1. The summed E-state index contributed by atoms with van der Waals surface area (Å²) in [6, 6.07) is 19.9. The lowest BCUT2D eigenvalue weighted by molar-refractivity contribution is -0.123. The number of halogens is 2. The Kier molecular flexibility index (Phi) is 7.02. The maximum atomic E-state index is 13.3. The Hall–Kier alpha value is -3.28. The van der Waals surface area contributed by atoms with Crippen molar-refractivity contribution in [3.63, 3.8) is 0 Å². The molecule has 5 nitrogen and oxygen atoms in total. The monoisotopic (exact) mass is 481 g/mol. The van der Waals surface area contributed by atoms with Crippen LogP contribution in [0.1, 0.15) is 11.1 Å². The summed E-state index contributed by atoms with van der Waals surface area (Å²) in [5.74, 6) is -0.166. The second kappa shape index (κ2) is 10.1. The van der Waals surface area contributed by atoms with Crippen molar-refractivity contribution in [3.05, 3.63) is 98.1 Å². The Balaban J connectivity index is 1.59. The zero-order valence-corrected chi connectivity index (χ0v) is 19.4. The lowest BCUT2D eigenvalue weighted by atomic mass is 10.1. The molecular formula is C26H21Cl2NO4. The zero-order valence-electron chi connectivity index (χ0n) is 17.9. The van der Waals surface area contributed by atoms with Gasteiger partial charge < -0.3 is 14.5 Å². The number of carbonyl (C=O) groups excluding carboxylic acids is 1. The third kappa shape index (κ3) is 5.38. The number of ether oxygens (including phenoxy) is 1. The van der Waals surface area contributed by atoms with Gasteiger partial charge >= 0.3 is 0 Å². The van der Waals surface area contributed by atoms with Crippen LogP contribution in [0.25, 0.3) is 22.3 Å². The molecule has 168 valence electrons. The van der Waals surface area contributed by atoms with Gasteiger partial charge in [0.05, 0.1) is 5.39 Å². The van der Waals surface area contributed by atoms with Crippen LogP contribution in [-0.2, 0) is 11.2 Å². The summed E-state index contributed by atoms with van der Waals surface area (Å²) in [6.07, 6.45) is 0.693. The molecule has 0 spiro atoms. The van der Waals surface area contributed by atoms with E-state index in [1.807, 2.05) is 37.3 Å². The Morgan fingerprint density at radius 1 is 1.03 bits per heavy atom. The van der Waals surface area contributed by atoms with Crippen LogP contribution < -0.4 is 15.5 Å². The highest BCUT2D eigenvalue weighted by atomic mass is 35.5. The van der Waals surface area contributed by atoms with E-state index in [2.05, 4.69) is 5.32 Å². The summed E-state index contributed by atoms with van der Waals surface area (Å²) in [7, 11) is 0. The average molecular weight is 482 g/mol. The van der Waals surface area contributed by atoms with Gasteiger partial charge in [-0.05, 0) is 60.9 Å². The molecule has 1 heterocycles. The number of hydrogen-bond donors (Lipinski definition) is 1. The quantitative estimate of drug-likeness (QED) is 0.361. The molecule has 0 radical (unpaired) electrons. The van der Waals surface area contributed by atoms with Gasteiger partial charge in [-0.3, -0.25) is 9.59 Å². The standard InChI is InChI=1S/C26H21Cl2NO4/c1-16-13-22-20(14-21(16)28)24(31)26(25(33-22)18-7-9-19(27)10-8-18)32-15-23(30)29-12-11-17-5-3-2-4-6-17/h2-10,13-14H,11-12,15H2,1H3,(H,29,30). The predicted octanol–water partition coefficient (Wildman–Crippen LogP) is 5.81. The molecule has 1 amide bonds. The van der Waals surface area contributed by atoms with E-state index in [1.54, 1.807) is 36.4 Å². The lowest BCUT2D eigenvalue weighted by Gasteiger charge is -2.13. The van der Waals surface area contributed by atoms with Gasteiger partial charge in [0, 0.05) is 22.2 Å². The van der Waals surface area contributed by atoms with Gasteiger partial charge in [0.25, 0.3) is 5.91 Å². The first-order valence-electron chi connectivity index (χ1n) is 10.4. The number of rotatable bonds is 7. The number of hydrogen-bond acceptors (Lipinski definition) is 4. The summed E-state index contributed by atoms with van der Waals surface area (Å²) in [4.78, 5) is 25.6. The molecule has 0 fully saturated rings. The van der Waals surface area contributed by atoms with E-state index in [4.69, 9.17) is 32.4 Å². The van der Waals surface area contributed by atoms with Crippen LogP contribution in [0.5, 0.6) is 5.75 Å². The molecule has 7 heteroatoms. The molecule has 3 aromatic carbocycles. The topological polar surface area (TPSA) is 68.5 Å². The van der Waals surface area contributed by atoms with Crippen LogP contribution in [0.3, 0.4) is 0 Å². The van der Waals surface area contributed by atoms with Crippen LogP contribution in [0.2, 0.25) is 10.0 Å². The second-order valence-electron chi connectivity index (χ2n) is 7.57. The Bertz CT molecular complexity index is 1350. The highest BCUT2D eigenvalue weighted by Gasteiger charge is 2.20. The minimum atomic E-state index is -0.403. The third-order valence-corrected chi connectivity index (χ3v) is 5.82. The van der Waals surface area contributed by atoms with Crippen molar-refractivity contribution in [2.75, 3.05) is 13.2 Å². The van der Waals surface area contributed by atoms with E-state index in [-0.39, 0.29) is 29.4 Å². The fourth-order valence-electron chi connectivity index (χ4n) is 3.40. The Labute approximate surface area is 200 Å². The van der Waals surface area contributed by atoms with Gasteiger partial charge in [-0.15, -0.1) is 0 Å². The summed E-state index contributed by atoms with van der Waals surface area (Å²) < 4.78 is 11.7. The van der Waals surface area contributed by atoms with E-state index in [1.165, 1.54) is 0 Å². The molecule has 0 aliphatic rings. The van der Waals surface area contributed by atoms with Gasteiger partial charge in [-0.25, -0.2) is 0 Å². The zero-order chi connectivity index (χ0) is 23.4. The van der Waals surface area contributed by atoms with Crippen LogP contribution in [0.4, 0.5) is 0 Å². The van der Waals surface area contributed by atoms with Gasteiger partial charge in [-0.2, -0.15) is 0 Å². The van der Waals surface area contributed by atoms with Crippen LogP contribution in [0.15, 0.2) is 75.9 Å². The normalized spacial score (nSPS) is 10.9. The molecule has 0 aliphatic carbocycles. The molecule has 0 unspecified atom stereocenters. The van der Waals surface area contributed by atoms with E-state index < -0.39 is 5.43 Å². The maximum absolute atomic E-state index is 13.3. The lowest BCUT2D eigenvalue weighted by Crippen LogP contribution is -2.31. The molecule has 4 aromatic rings. The third-order valence-electron chi connectivity index (χ3n) is 5.16. The van der Waals surface area contributed by atoms with Crippen LogP contribution >= 0.6 is 23.2 Å². The summed E-state index contributed by atoms with van der Waals surface area (Å²) in [5.41, 5.74) is 2.48. The van der Waals surface area contributed by atoms with Crippen molar-refractivity contribution in [2.45, 2.75) is 13.3 Å². The van der Waals surface area contributed by atoms with Crippen molar-refractivity contribution < 1.29 is 13.9 Å². The summed E-state index contributed by atoms with van der Waals surface area (Å²) in [6.45, 7) is 1.95. The van der Waals surface area contributed by atoms with Gasteiger partial charge in [0.1, 0.15) is 5.58 Å². The van der Waals surface area contributed by atoms with Crippen molar-refractivity contribution in [2.24, 2.45) is 0 Å². The van der Waals surface area contributed by atoms with Crippen molar-refractivity contribution in [3.8, 4) is 17.1 Å². The van der Waals surface area contributed by atoms with E-state index in [0.29, 0.717) is 34.2 Å². The largest absolute Gasteiger partial charge is 0.476 e. The molecule has 0 saturated carbocycles. The number of nitrogens with one attached hydrogen (secondary N) is 1. The minimum absolute atomic E-state index is 0.0528. The highest BCUT2D eigenvalue weighted by Crippen LogP contribution is 2.33. The molecule has 1 N–H and O–H groups in total. The summed E-state index contributed by atoms with van der Waals surface area (Å²) in [5, 5.41) is 4.08. The van der Waals surface area contributed by atoms with Gasteiger partial charge in [0.2, 0.25) is 11.2 Å². The van der Waals surface area contributed by atoms with Crippen molar-refractivity contribution in [1.82, 2.24) is 5.32 Å². The molecule has 33 heavy (non-hydrogen) atoms. The van der Waals surface area contributed by atoms with Crippen LogP contribution in [-0.4, -0.2) is 19.1 Å². The van der Waals surface area contributed by atoms with E-state index >= 15 is 0 Å². The first-order valence-corrected chi connectivity index (χ1v) is 11.1. The first kappa shape index (κ1) is 22.9. The molecule has 0 saturated heterocycles. The van der Waals surface area contributed by atoms with E-state index in [9.17, 15) is 9.59 Å². The molecule has 4 rings (SSSR count). The van der Waals surface area contributed by atoms with Crippen molar-refractivity contribution in [1.29, 1.82) is 0 Å². The Morgan fingerprint density at radius 2 is 1.76 bits per heavy atom. The van der Waals surface area contributed by atoms with Gasteiger partial charge in [-0.1, -0.05) is 53.5 Å². The SMILES string of the molecule is Cc1cc2oc(-c3ccc(Cl)cc3)c(OCC(=O)NCCc3ccccc3)c(=O)c2cc1Cl. The molecule has 0 bridgehead atoms. The number of amides is 1. The minimum Gasteiger partial charge on any atom is -0.476 e. The first-order chi connectivity index (χ1) is 15.9. The molecule has 1 aromatic heterocycles. The summed E-state index contributed by atoms with van der Waals surface area (Å²) >= 11 is 12.2. The van der Waals surface area contributed by atoms with E-state index in [0.717, 1.165) is 11.1 Å². The average Bonchev–Trinajstić information content (AvgIpc) is 2.81. The fourth-order valence-corrected chi connectivity index (χ4v) is 3.69. The number of aryl methyl sites for hydroxylation is 1. The smallest absolute Gasteiger partial charge is 0.257 e. The molecule has 0 aliphatic heterocycles. The van der Waals surface area contributed by atoms with Crippen molar-refractivity contribution >= 4 is 40.1 Å². The maximum Gasteiger partial charge on any atom is 0.257 e. The predicted molar refractivity (Wildman–Crippen MR) is 131 cm³/mol. The molecular weight excluding hydrogens is 461 g/mol. The number of carbonyl (C=O) groups is 1.